The number of pyridine rings is 1. The maximum absolute atomic E-state index is 5.93. The van der Waals surface area contributed by atoms with Gasteiger partial charge in [0.25, 0.3) is 0 Å². The first-order valence-electron chi connectivity index (χ1n) is 5.59. The van der Waals surface area contributed by atoms with Crippen LogP contribution in [0, 0.1) is 6.92 Å². The van der Waals surface area contributed by atoms with E-state index in [9.17, 15) is 0 Å². The molecular weight excluding hydrogens is 232 g/mol. The van der Waals surface area contributed by atoms with E-state index in [1.807, 2.05) is 37.4 Å². The molecule has 0 aliphatic heterocycles. The monoisotopic (exact) mass is 246 g/mol. The van der Waals surface area contributed by atoms with E-state index in [1.165, 1.54) is 5.56 Å². The topological polar surface area (TPSA) is 24.9 Å². The molecule has 2 aromatic rings. The lowest BCUT2D eigenvalue weighted by Gasteiger charge is -2.17. The molecule has 1 unspecified atom stereocenters. The van der Waals surface area contributed by atoms with Crippen molar-refractivity contribution in [3.8, 4) is 0 Å². The maximum atomic E-state index is 5.93. The predicted molar refractivity (Wildman–Crippen MR) is 72.5 cm³/mol. The van der Waals surface area contributed by atoms with E-state index < -0.39 is 0 Å². The Morgan fingerprint density at radius 3 is 2.76 bits per heavy atom. The number of anilines is 1. The summed E-state index contributed by atoms with van der Waals surface area (Å²) in [6, 6.07) is 10.1. The Morgan fingerprint density at radius 1 is 1.29 bits per heavy atom. The molecule has 3 heteroatoms. The van der Waals surface area contributed by atoms with Gasteiger partial charge in [-0.25, -0.2) is 0 Å². The van der Waals surface area contributed by atoms with Crippen molar-refractivity contribution in [2.75, 3.05) is 5.32 Å². The van der Waals surface area contributed by atoms with E-state index in [4.69, 9.17) is 11.6 Å². The summed E-state index contributed by atoms with van der Waals surface area (Å²) in [4.78, 5) is 4.12. The van der Waals surface area contributed by atoms with Crippen LogP contribution < -0.4 is 5.32 Å². The zero-order chi connectivity index (χ0) is 12.3. The van der Waals surface area contributed by atoms with Gasteiger partial charge >= 0.3 is 0 Å². The molecule has 0 bridgehead atoms. The third-order valence-corrected chi connectivity index (χ3v) is 2.98. The molecule has 0 saturated carbocycles. The Hall–Kier alpha value is -1.54. The van der Waals surface area contributed by atoms with Crippen LogP contribution in [0.5, 0.6) is 0 Å². The predicted octanol–water partition coefficient (Wildman–Crippen LogP) is 4.22. The molecule has 2 rings (SSSR count). The van der Waals surface area contributed by atoms with Gasteiger partial charge < -0.3 is 5.32 Å². The number of rotatable bonds is 3. The highest BCUT2D eigenvalue weighted by Gasteiger charge is 2.06. The standard InChI is InChI=1S/C14H15ClN2/c1-10-8-13(15)5-6-14(10)17-11(2)12-4-3-7-16-9-12/h3-9,11,17H,1-2H3. The number of halogens is 1. The molecule has 0 aliphatic carbocycles. The molecule has 17 heavy (non-hydrogen) atoms. The van der Waals surface area contributed by atoms with Crippen LogP contribution in [-0.2, 0) is 0 Å². The summed E-state index contributed by atoms with van der Waals surface area (Å²) in [7, 11) is 0. The molecular formula is C14H15ClN2. The molecule has 0 radical (unpaired) electrons. The van der Waals surface area contributed by atoms with Gasteiger partial charge in [-0.1, -0.05) is 17.7 Å². The van der Waals surface area contributed by atoms with Crippen molar-refractivity contribution < 1.29 is 0 Å². The lowest BCUT2D eigenvalue weighted by atomic mass is 10.1. The van der Waals surface area contributed by atoms with Gasteiger partial charge in [-0.05, 0) is 49.2 Å². The summed E-state index contributed by atoms with van der Waals surface area (Å²) in [5.41, 5.74) is 3.42. The van der Waals surface area contributed by atoms with Gasteiger partial charge in [0, 0.05) is 23.1 Å². The Balaban J connectivity index is 2.16. The van der Waals surface area contributed by atoms with Gasteiger partial charge in [-0.3, -0.25) is 4.98 Å². The molecule has 1 atom stereocenters. The SMILES string of the molecule is Cc1cc(Cl)ccc1NC(C)c1cccnc1. The molecule has 0 fully saturated rings. The van der Waals surface area contributed by atoms with Crippen LogP contribution in [0.4, 0.5) is 5.69 Å². The Labute approximate surface area is 107 Å². The molecule has 0 saturated heterocycles. The maximum Gasteiger partial charge on any atom is 0.0500 e. The second kappa shape index (κ2) is 5.19. The van der Waals surface area contributed by atoms with Gasteiger partial charge in [0.2, 0.25) is 0 Å². The van der Waals surface area contributed by atoms with E-state index >= 15 is 0 Å². The smallest absolute Gasteiger partial charge is 0.0500 e. The van der Waals surface area contributed by atoms with Gasteiger partial charge in [0.1, 0.15) is 0 Å². The Kier molecular flexibility index (Phi) is 3.64. The van der Waals surface area contributed by atoms with Crippen LogP contribution in [-0.4, -0.2) is 4.98 Å². The molecule has 0 amide bonds. The number of nitrogens with one attached hydrogen (secondary N) is 1. The van der Waals surface area contributed by atoms with Gasteiger partial charge in [0.05, 0.1) is 6.04 Å². The van der Waals surface area contributed by atoms with Crippen LogP contribution in [0.2, 0.25) is 5.02 Å². The second-order valence-electron chi connectivity index (χ2n) is 4.11. The fourth-order valence-corrected chi connectivity index (χ4v) is 1.96. The molecule has 0 spiro atoms. The lowest BCUT2D eigenvalue weighted by Crippen LogP contribution is -2.07. The summed E-state index contributed by atoms with van der Waals surface area (Å²) in [6.45, 7) is 4.16. The van der Waals surface area contributed by atoms with Crippen molar-refractivity contribution in [1.82, 2.24) is 4.98 Å². The first-order valence-corrected chi connectivity index (χ1v) is 5.97. The fraction of sp³-hybridized carbons (Fsp3) is 0.214. The van der Waals surface area contributed by atoms with Gasteiger partial charge in [-0.15, -0.1) is 0 Å². The minimum absolute atomic E-state index is 0.226. The quantitative estimate of drug-likeness (QED) is 0.877. The van der Waals surface area contributed by atoms with Crippen molar-refractivity contribution >= 4 is 17.3 Å². The molecule has 1 heterocycles. The van der Waals surface area contributed by atoms with E-state index in [0.29, 0.717) is 0 Å². The molecule has 1 N–H and O–H groups in total. The van der Waals surface area contributed by atoms with Crippen LogP contribution in [0.1, 0.15) is 24.1 Å². The van der Waals surface area contributed by atoms with E-state index in [1.54, 1.807) is 6.20 Å². The average Bonchev–Trinajstić information content (AvgIpc) is 2.34. The van der Waals surface area contributed by atoms with Gasteiger partial charge in [0.15, 0.2) is 0 Å². The number of aromatic nitrogens is 1. The first-order chi connectivity index (χ1) is 8.16. The highest BCUT2D eigenvalue weighted by molar-refractivity contribution is 6.30. The van der Waals surface area contributed by atoms with Crippen molar-refractivity contribution in [2.24, 2.45) is 0 Å². The minimum Gasteiger partial charge on any atom is -0.378 e. The van der Waals surface area contributed by atoms with Crippen molar-refractivity contribution in [3.63, 3.8) is 0 Å². The third kappa shape index (κ3) is 2.98. The van der Waals surface area contributed by atoms with Crippen molar-refractivity contribution in [3.05, 3.63) is 58.9 Å². The third-order valence-electron chi connectivity index (χ3n) is 2.74. The highest BCUT2D eigenvalue weighted by atomic mass is 35.5. The number of benzene rings is 1. The number of nitrogens with zero attached hydrogens (tertiary/aromatic N) is 1. The molecule has 1 aromatic heterocycles. The fourth-order valence-electron chi connectivity index (χ4n) is 1.74. The van der Waals surface area contributed by atoms with Crippen LogP contribution >= 0.6 is 11.6 Å². The molecule has 0 aliphatic rings. The zero-order valence-corrected chi connectivity index (χ0v) is 10.7. The summed E-state index contributed by atoms with van der Waals surface area (Å²) in [5.74, 6) is 0. The Bertz CT molecular complexity index is 497. The summed E-state index contributed by atoms with van der Waals surface area (Å²) in [6.07, 6.45) is 3.66. The minimum atomic E-state index is 0.226. The van der Waals surface area contributed by atoms with Crippen molar-refractivity contribution in [1.29, 1.82) is 0 Å². The van der Waals surface area contributed by atoms with Crippen LogP contribution in [0.15, 0.2) is 42.7 Å². The average molecular weight is 247 g/mol. The number of aryl methyl sites for hydroxylation is 1. The molecule has 2 nitrogen and oxygen atoms in total. The second-order valence-corrected chi connectivity index (χ2v) is 4.55. The summed E-state index contributed by atoms with van der Waals surface area (Å²) >= 11 is 5.93. The molecule has 1 aromatic carbocycles. The van der Waals surface area contributed by atoms with Crippen LogP contribution in [0.25, 0.3) is 0 Å². The first kappa shape index (κ1) is 11.9. The van der Waals surface area contributed by atoms with Crippen molar-refractivity contribution in [2.45, 2.75) is 19.9 Å². The number of hydrogen-bond acceptors (Lipinski definition) is 2. The lowest BCUT2D eigenvalue weighted by molar-refractivity contribution is 0.874. The molecule has 88 valence electrons. The normalized spacial score (nSPS) is 12.2. The summed E-state index contributed by atoms with van der Waals surface area (Å²) < 4.78 is 0. The summed E-state index contributed by atoms with van der Waals surface area (Å²) in [5, 5.41) is 4.22. The number of hydrogen-bond donors (Lipinski definition) is 1. The highest BCUT2D eigenvalue weighted by Crippen LogP contribution is 2.24. The van der Waals surface area contributed by atoms with Gasteiger partial charge in [-0.2, -0.15) is 0 Å². The van der Waals surface area contributed by atoms with E-state index in [0.717, 1.165) is 16.3 Å². The van der Waals surface area contributed by atoms with E-state index in [-0.39, 0.29) is 6.04 Å². The van der Waals surface area contributed by atoms with E-state index in [2.05, 4.69) is 23.3 Å². The largest absolute Gasteiger partial charge is 0.378 e. The zero-order valence-electron chi connectivity index (χ0n) is 9.94. The Morgan fingerprint density at radius 2 is 2.12 bits per heavy atom. The van der Waals surface area contributed by atoms with Crippen LogP contribution in [0.3, 0.4) is 0 Å².